The van der Waals surface area contributed by atoms with Gasteiger partial charge in [-0.1, -0.05) is 0 Å². The summed E-state index contributed by atoms with van der Waals surface area (Å²) in [5.41, 5.74) is 0.329. The van der Waals surface area contributed by atoms with Gasteiger partial charge < -0.3 is 5.11 Å². The molecule has 1 N–H and O–H groups in total. The molecule has 0 fully saturated rings. The SMILES string of the molecule is O=C(O)c1cncnc1CSc1ccc(F)c(F)c1. The highest BCUT2D eigenvalue weighted by molar-refractivity contribution is 7.98. The zero-order chi connectivity index (χ0) is 13.8. The molecule has 0 radical (unpaired) electrons. The molecule has 0 saturated carbocycles. The van der Waals surface area contributed by atoms with Crippen LogP contribution in [0, 0.1) is 11.6 Å². The number of hydrogen-bond donors (Lipinski definition) is 1. The maximum Gasteiger partial charge on any atom is 0.339 e. The molecule has 0 saturated heterocycles. The van der Waals surface area contributed by atoms with Crippen LogP contribution in [0.15, 0.2) is 35.6 Å². The largest absolute Gasteiger partial charge is 0.478 e. The fourth-order valence-corrected chi connectivity index (χ4v) is 2.25. The Morgan fingerprint density at radius 1 is 1.32 bits per heavy atom. The minimum absolute atomic E-state index is 0.00224. The second-order valence-electron chi connectivity index (χ2n) is 3.55. The minimum atomic E-state index is -1.12. The number of halogens is 2. The molecule has 19 heavy (non-hydrogen) atoms. The van der Waals surface area contributed by atoms with Crippen LogP contribution >= 0.6 is 11.8 Å². The van der Waals surface area contributed by atoms with Gasteiger partial charge in [0.05, 0.1) is 5.69 Å². The third-order valence-corrected chi connectivity index (χ3v) is 3.30. The number of benzene rings is 1. The molecule has 0 amide bonds. The van der Waals surface area contributed by atoms with E-state index in [9.17, 15) is 13.6 Å². The molecule has 7 heteroatoms. The summed E-state index contributed by atoms with van der Waals surface area (Å²) < 4.78 is 25.8. The van der Waals surface area contributed by atoms with Crippen LogP contribution in [-0.2, 0) is 5.75 Å². The van der Waals surface area contributed by atoms with Crippen molar-refractivity contribution in [2.45, 2.75) is 10.6 Å². The molecule has 1 aromatic heterocycles. The summed E-state index contributed by atoms with van der Waals surface area (Å²) in [7, 11) is 0. The van der Waals surface area contributed by atoms with Crippen molar-refractivity contribution in [1.29, 1.82) is 0 Å². The monoisotopic (exact) mass is 282 g/mol. The van der Waals surface area contributed by atoms with Gasteiger partial charge in [-0.05, 0) is 18.2 Å². The molecule has 1 aromatic carbocycles. The van der Waals surface area contributed by atoms with E-state index in [0.717, 1.165) is 12.1 Å². The summed E-state index contributed by atoms with van der Waals surface area (Å²) in [5, 5.41) is 8.94. The van der Waals surface area contributed by atoms with E-state index in [4.69, 9.17) is 5.11 Å². The van der Waals surface area contributed by atoms with Crippen molar-refractivity contribution < 1.29 is 18.7 Å². The number of hydrogen-bond acceptors (Lipinski definition) is 4. The first-order chi connectivity index (χ1) is 9.08. The standard InChI is InChI=1S/C12H8F2N2O2S/c13-9-2-1-7(3-10(9)14)19-5-11-8(12(17)18)4-15-6-16-11/h1-4,6H,5H2,(H,17,18). The van der Waals surface area contributed by atoms with E-state index in [0.29, 0.717) is 10.6 Å². The average Bonchev–Trinajstić information content (AvgIpc) is 2.40. The molecule has 0 atom stereocenters. The molecule has 0 aliphatic carbocycles. The second kappa shape index (κ2) is 5.75. The Morgan fingerprint density at radius 2 is 2.11 bits per heavy atom. The predicted octanol–water partition coefficient (Wildman–Crippen LogP) is 2.75. The Bertz CT molecular complexity index is 622. The zero-order valence-electron chi connectivity index (χ0n) is 9.51. The molecule has 0 aliphatic heterocycles. The lowest BCUT2D eigenvalue weighted by molar-refractivity contribution is 0.0695. The van der Waals surface area contributed by atoms with Crippen LogP contribution in [-0.4, -0.2) is 21.0 Å². The van der Waals surface area contributed by atoms with Gasteiger partial charge >= 0.3 is 5.97 Å². The Hall–Kier alpha value is -2.02. The highest BCUT2D eigenvalue weighted by Gasteiger charge is 2.12. The fourth-order valence-electron chi connectivity index (χ4n) is 1.37. The molecule has 0 unspecified atom stereocenters. The average molecular weight is 282 g/mol. The van der Waals surface area contributed by atoms with Crippen LogP contribution in [0.5, 0.6) is 0 Å². The molecule has 4 nitrogen and oxygen atoms in total. The van der Waals surface area contributed by atoms with Crippen molar-refractivity contribution in [2.24, 2.45) is 0 Å². The van der Waals surface area contributed by atoms with Gasteiger partial charge in [-0.2, -0.15) is 0 Å². The van der Waals surface area contributed by atoms with Gasteiger partial charge in [0, 0.05) is 16.8 Å². The van der Waals surface area contributed by atoms with Crippen molar-refractivity contribution in [2.75, 3.05) is 0 Å². The second-order valence-corrected chi connectivity index (χ2v) is 4.60. The molecule has 2 rings (SSSR count). The lowest BCUT2D eigenvalue weighted by Crippen LogP contribution is -2.04. The number of carboxylic acids is 1. The van der Waals surface area contributed by atoms with Crippen LogP contribution in [0.4, 0.5) is 8.78 Å². The van der Waals surface area contributed by atoms with E-state index in [2.05, 4.69) is 9.97 Å². The maximum absolute atomic E-state index is 13.0. The quantitative estimate of drug-likeness (QED) is 0.874. The third-order valence-electron chi connectivity index (χ3n) is 2.29. The predicted molar refractivity (Wildman–Crippen MR) is 64.9 cm³/mol. The van der Waals surface area contributed by atoms with Crippen molar-refractivity contribution in [3.8, 4) is 0 Å². The number of aromatic nitrogens is 2. The lowest BCUT2D eigenvalue weighted by Gasteiger charge is -2.04. The van der Waals surface area contributed by atoms with E-state index in [1.54, 1.807) is 0 Å². The molecule has 1 heterocycles. The third kappa shape index (κ3) is 3.25. The van der Waals surface area contributed by atoms with Crippen molar-refractivity contribution >= 4 is 17.7 Å². The van der Waals surface area contributed by atoms with Crippen LogP contribution in [0.25, 0.3) is 0 Å². The first kappa shape index (κ1) is 13.4. The number of aromatic carboxylic acids is 1. The van der Waals surface area contributed by atoms with E-state index in [1.807, 2.05) is 0 Å². The van der Waals surface area contributed by atoms with Gasteiger partial charge in [0.25, 0.3) is 0 Å². The fraction of sp³-hybridized carbons (Fsp3) is 0.0833. The topological polar surface area (TPSA) is 63.1 Å². The number of rotatable bonds is 4. The number of carboxylic acid groups (broad SMARTS) is 1. The summed E-state index contributed by atoms with van der Waals surface area (Å²) in [6, 6.07) is 3.50. The summed E-state index contributed by atoms with van der Waals surface area (Å²) in [4.78, 5) is 18.9. The molecule has 98 valence electrons. The number of carbonyl (C=O) groups is 1. The smallest absolute Gasteiger partial charge is 0.339 e. The van der Waals surface area contributed by atoms with E-state index < -0.39 is 17.6 Å². The normalized spacial score (nSPS) is 10.4. The first-order valence-electron chi connectivity index (χ1n) is 5.18. The summed E-state index contributed by atoms with van der Waals surface area (Å²) in [5.74, 6) is -2.75. The molecular formula is C12H8F2N2O2S. The Kier molecular flexibility index (Phi) is 4.06. The Morgan fingerprint density at radius 3 is 2.79 bits per heavy atom. The highest BCUT2D eigenvalue weighted by atomic mass is 32.2. The van der Waals surface area contributed by atoms with Crippen molar-refractivity contribution in [3.63, 3.8) is 0 Å². The summed E-state index contributed by atoms with van der Waals surface area (Å²) >= 11 is 1.17. The van der Waals surface area contributed by atoms with Gasteiger partial charge in [-0.3, -0.25) is 0 Å². The van der Waals surface area contributed by atoms with Gasteiger partial charge in [-0.25, -0.2) is 23.5 Å². The Balaban J connectivity index is 2.14. The zero-order valence-corrected chi connectivity index (χ0v) is 10.3. The maximum atomic E-state index is 13.0. The molecule has 2 aromatic rings. The first-order valence-corrected chi connectivity index (χ1v) is 6.16. The van der Waals surface area contributed by atoms with Crippen molar-refractivity contribution in [1.82, 2.24) is 9.97 Å². The lowest BCUT2D eigenvalue weighted by atomic mass is 10.2. The molecule has 0 bridgehead atoms. The number of nitrogens with zero attached hydrogens (tertiary/aromatic N) is 2. The van der Waals surface area contributed by atoms with Gasteiger partial charge in [0.2, 0.25) is 0 Å². The van der Waals surface area contributed by atoms with Gasteiger partial charge in [0.1, 0.15) is 11.9 Å². The van der Waals surface area contributed by atoms with E-state index >= 15 is 0 Å². The van der Waals surface area contributed by atoms with E-state index in [-0.39, 0.29) is 11.3 Å². The Labute approximate surface area is 111 Å². The van der Waals surface area contributed by atoms with Gasteiger partial charge in [-0.15, -0.1) is 11.8 Å². The van der Waals surface area contributed by atoms with Gasteiger partial charge in [0.15, 0.2) is 11.6 Å². The summed E-state index contributed by atoms with van der Waals surface area (Å²) in [6.45, 7) is 0. The summed E-state index contributed by atoms with van der Waals surface area (Å²) in [6.07, 6.45) is 2.45. The minimum Gasteiger partial charge on any atom is -0.478 e. The molecule has 0 spiro atoms. The van der Waals surface area contributed by atoms with Crippen LogP contribution in [0.3, 0.4) is 0 Å². The van der Waals surface area contributed by atoms with Crippen LogP contribution < -0.4 is 0 Å². The van der Waals surface area contributed by atoms with E-state index in [1.165, 1.54) is 30.4 Å². The molecule has 0 aliphatic rings. The highest BCUT2D eigenvalue weighted by Crippen LogP contribution is 2.24. The van der Waals surface area contributed by atoms with Crippen molar-refractivity contribution in [3.05, 3.63) is 53.6 Å². The van der Waals surface area contributed by atoms with Crippen LogP contribution in [0.1, 0.15) is 16.1 Å². The number of thioether (sulfide) groups is 1. The molecular weight excluding hydrogens is 274 g/mol. The van der Waals surface area contributed by atoms with Crippen LogP contribution in [0.2, 0.25) is 0 Å².